The van der Waals surface area contributed by atoms with E-state index in [9.17, 15) is 4.39 Å². The average Bonchev–Trinajstić information content (AvgIpc) is 3.05. The number of pyridine rings is 2. The van der Waals surface area contributed by atoms with E-state index in [0.29, 0.717) is 0 Å². The van der Waals surface area contributed by atoms with E-state index in [2.05, 4.69) is 27.6 Å². The van der Waals surface area contributed by atoms with Crippen LogP contribution in [0.25, 0.3) is 10.6 Å². The first kappa shape index (κ1) is 15.4. The number of hydrogen-bond donors (Lipinski definition) is 0. The Balaban J connectivity index is 1.82. The van der Waals surface area contributed by atoms with Gasteiger partial charge in [-0.05, 0) is 24.3 Å². The van der Waals surface area contributed by atoms with Gasteiger partial charge in [0.2, 0.25) is 5.95 Å². The molecule has 0 aromatic carbocycles. The average molecular weight is 323 g/mol. The van der Waals surface area contributed by atoms with Gasteiger partial charge < -0.3 is 0 Å². The Kier molecular flexibility index (Phi) is 4.78. The molecule has 0 unspecified atom stereocenters. The van der Waals surface area contributed by atoms with E-state index in [4.69, 9.17) is 0 Å². The van der Waals surface area contributed by atoms with Crippen LogP contribution < -0.4 is 0 Å². The summed E-state index contributed by atoms with van der Waals surface area (Å²) in [6.07, 6.45) is 11.4. The topological polar surface area (TPSA) is 38.1 Å². The van der Waals surface area contributed by atoms with E-state index in [1.807, 2.05) is 18.3 Å². The maximum Gasteiger partial charge on any atom is 0.212 e. The Morgan fingerprint density at radius 3 is 2.91 bits per heavy atom. The van der Waals surface area contributed by atoms with Crippen LogP contribution in [0.2, 0.25) is 0 Å². The molecule has 5 heteroatoms. The van der Waals surface area contributed by atoms with Crippen molar-refractivity contribution in [2.75, 3.05) is 0 Å². The lowest BCUT2D eigenvalue weighted by atomic mass is 10.2. The number of nitrogens with zero attached hydrogens (tertiary/aromatic N) is 3. The molecule has 1 aliphatic heterocycles. The van der Waals surface area contributed by atoms with Crippen molar-refractivity contribution in [3.8, 4) is 0 Å². The molecule has 0 atom stereocenters. The molecule has 0 saturated carbocycles. The minimum Gasteiger partial charge on any atom is -0.264 e. The minimum absolute atomic E-state index is 0.505. The van der Waals surface area contributed by atoms with E-state index in [-0.39, 0.29) is 0 Å². The Morgan fingerprint density at radius 1 is 1.30 bits per heavy atom. The van der Waals surface area contributed by atoms with Gasteiger partial charge in [-0.25, -0.2) is 9.98 Å². The van der Waals surface area contributed by atoms with Crippen molar-refractivity contribution in [1.29, 1.82) is 0 Å². The van der Waals surface area contributed by atoms with Gasteiger partial charge in [0, 0.05) is 41.0 Å². The van der Waals surface area contributed by atoms with Crippen molar-refractivity contribution in [2.45, 2.75) is 6.42 Å². The predicted molar refractivity (Wildman–Crippen MR) is 94.2 cm³/mol. The number of thioether (sulfide) groups is 1. The first-order chi connectivity index (χ1) is 11.3. The van der Waals surface area contributed by atoms with Gasteiger partial charge in [-0.3, -0.25) is 4.98 Å². The summed E-state index contributed by atoms with van der Waals surface area (Å²) in [5.41, 5.74) is 2.56. The molecule has 2 aromatic rings. The van der Waals surface area contributed by atoms with E-state index in [1.165, 1.54) is 12.3 Å². The molecule has 0 saturated heterocycles. The number of hydrogen-bond acceptors (Lipinski definition) is 4. The smallest absolute Gasteiger partial charge is 0.212 e. The van der Waals surface area contributed by atoms with Gasteiger partial charge in [0.25, 0.3) is 0 Å². The molecule has 0 aliphatic carbocycles. The van der Waals surface area contributed by atoms with Gasteiger partial charge in [-0.2, -0.15) is 4.39 Å². The fraction of sp³-hybridized carbons (Fsp3) is 0.0556. The fourth-order valence-electron chi connectivity index (χ4n) is 2.12. The van der Waals surface area contributed by atoms with E-state index >= 15 is 0 Å². The third kappa shape index (κ3) is 3.81. The van der Waals surface area contributed by atoms with E-state index in [1.54, 1.807) is 36.2 Å². The zero-order chi connectivity index (χ0) is 16.1. The summed E-state index contributed by atoms with van der Waals surface area (Å²) in [6, 6.07) is 6.93. The van der Waals surface area contributed by atoms with Gasteiger partial charge in [0.15, 0.2) is 0 Å². The van der Waals surface area contributed by atoms with Crippen LogP contribution in [-0.2, 0) is 0 Å². The van der Waals surface area contributed by atoms with Gasteiger partial charge in [-0.1, -0.05) is 36.6 Å². The maximum absolute atomic E-state index is 13.0. The summed E-state index contributed by atoms with van der Waals surface area (Å²) in [6.45, 7) is 3.71. The van der Waals surface area contributed by atoms with Crippen molar-refractivity contribution in [3.05, 3.63) is 84.7 Å². The van der Waals surface area contributed by atoms with E-state index in [0.717, 1.165) is 33.2 Å². The normalized spacial score (nSPS) is 16.5. The first-order valence-electron chi connectivity index (χ1n) is 7.07. The van der Waals surface area contributed by atoms with Crippen LogP contribution in [0.1, 0.15) is 17.5 Å². The first-order valence-corrected chi connectivity index (χ1v) is 7.88. The van der Waals surface area contributed by atoms with Crippen LogP contribution >= 0.6 is 11.8 Å². The lowest BCUT2D eigenvalue weighted by Crippen LogP contribution is -1.90. The van der Waals surface area contributed by atoms with Gasteiger partial charge in [-0.15, -0.1) is 0 Å². The van der Waals surface area contributed by atoms with Crippen molar-refractivity contribution < 1.29 is 4.39 Å². The molecule has 0 radical (unpaired) electrons. The lowest BCUT2D eigenvalue weighted by Gasteiger charge is -2.04. The molecule has 0 spiro atoms. The van der Waals surface area contributed by atoms with Crippen LogP contribution in [0.5, 0.6) is 0 Å². The molecule has 23 heavy (non-hydrogen) atoms. The molecule has 0 fully saturated rings. The number of aromatic nitrogens is 2. The second-order valence-corrected chi connectivity index (χ2v) is 5.89. The van der Waals surface area contributed by atoms with Crippen LogP contribution in [0, 0.1) is 5.95 Å². The highest BCUT2D eigenvalue weighted by Crippen LogP contribution is 2.36. The molecule has 0 bridgehead atoms. The summed E-state index contributed by atoms with van der Waals surface area (Å²) in [4.78, 5) is 13.6. The molecule has 3 rings (SSSR count). The van der Waals surface area contributed by atoms with Gasteiger partial charge in [0.1, 0.15) is 0 Å². The predicted octanol–water partition coefficient (Wildman–Crippen LogP) is 4.72. The van der Waals surface area contributed by atoms with Crippen molar-refractivity contribution >= 4 is 27.4 Å². The third-order valence-electron chi connectivity index (χ3n) is 3.18. The van der Waals surface area contributed by atoms with Crippen LogP contribution in [0.3, 0.4) is 0 Å². The fourth-order valence-corrected chi connectivity index (χ4v) is 3.09. The van der Waals surface area contributed by atoms with Crippen molar-refractivity contribution in [3.63, 3.8) is 0 Å². The van der Waals surface area contributed by atoms with Gasteiger partial charge in [0.05, 0.1) is 10.7 Å². The monoisotopic (exact) mass is 323 g/mol. The summed E-state index contributed by atoms with van der Waals surface area (Å²) < 4.78 is 13.0. The molecule has 0 N–H and O–H groups in total. The highest BCUT2D eigenvalue weighted by atomic mass is 32.2. The van der Waals surface area contributed by atoms with Gasteiger partial charge >= 0.3 is 0 Å². The second-order valence-electron chi connectivity index (χ2n) is 4.78. The number of rotatable bonds is 4. The SMILES string of the molecule is C=C/C=C(\N=C1CC=C(c2cccnc2)S1)c1ccc(F)nc1. The van der Waals surface area contributed by atoms with Crippen LogP contribution in [0.4, 0.5) is 4.39 Å². The molecule has 1 aliphatic rings. The third-order valence-corrected chi connectivity index (χ3v) is 4.30. The lowest BCUT2D eigenvalue weighted by molar-refractivity contribution is 0.583. The molecule has 3 heterocycles. The molecular weight excluding hydrogens is 309 g/mol. The highest BCUT2D eigenvalue weighted by molar-refractivity contribution is 8.22. The summed E-state index contributed by atoms with van der Waals surface area (Å²) in [5.74, 6) is -0.505. The largest absolute Gasteiger partial charge is 0.264 e. The zero-order valence-corrected chi connectivity index (χ0v) is 13.1. The maximum atomic E-state index is 13.0. The molecule has 3 nitrogen and oxygen atoms in total. The van der Waals surface area contributed by atoms with Crippen molar-refractivity contribution in [1.82, 2.24) is 9.97 Å². The van der Waals surface area contributed by atoms with E-state index < -0.39 is 5.95 Å². The number of halogens is 1. The molecule has 2 aromatic heterocycles. The van der Waals surface area contributed by atoms with Crippen LogP contribution in [0.15, 0.2) is 72.7 Å². The highest BCUT2D eigenvalue weighted by Gasteiger charge is 2.15. The number of aliphatic imine (C=N–C) groups is 1. The summed E-state index contributed by atoms with van der Waals surface area (Å²) >= 11 is 1.62. The summed E-state index contributed by atoms with van der Waals surface area (Å²) in [5, 5.41) is 0.973. The second kappa shape index (κ2) is 7.15. The zero-order valence-electron chi connectivity index (χ0n) is 12.3. The number of allylic oxidation sites excluding steroid dienone is 3. The summed E-state index contributed by atoms with van der Waals surface area (Å²) in [7, 11) is 0. The minimum atomic E-state index is -0.505. The molecule has 0 amide bonds. The molecule has 114 valence electrons. The Labute approximate surface area is 138 Å². The van der Waals surface area contributed by atoms with Crippen LogP contribution in [-0.4, -0.2) is 15.0 Å². The Morgan fingerprint density at radius 2 is 2.22 bits per heavy atom. The Hall–Kier alpha value is -2.53. The quantitative estimate of drug-likeness (QED) is 0.603. The standard InChI is InChI=1S/C18H14FN3S/c1-2-4-15(13-6-8-17(19)21-12-13)22-18-9-7-16(23-18)14-5-3-10-20-11-14/h2-8,10-12H,1,9H2/b15-4-,22-18?. The molecular formula is C18H14FN3S. The van der Waals surface area contributed by atoms with Crippen molar-refractivity contribution in [2.24, 2.45) is 4.99 Å². The Bertz CT molecular complexity index is 793.